The monoisotopic (exact) mass is 408 g/mol. The Labute approximate surface area is 177 Å². The fourth-order valence-corrected chi connectivity index (χ4v) is 3.89. The second-order valence-electron chi connectivity index (χ2n) is 7.74. The molecule has 0 aromatic heterocycles. The van der Waals surface area contributed by atoms with Crippen molar-refractivity contribution in [1.82, 2.24) is 0 Å². The summed E-state index contributed by atoms with van der Waals surface area (Å²) in [5.74, 6) is -2.92. The number of hydrogen-bond acceptors (Lipinski definition) is 5. The zero-order chi connectivity index (χ0) is 21.5. The Bertz CT molecular complexity index is 862. The molecular weight excluding hydrogens is 380 g/mol. The summed E-state index contributed by atoms with van der Waals surface area (Å²) in [5, 5.41) is 0. The predicted molar refractivity (Wildman–Crippen MR) is 113 cm³/mol. The van der Waals surface area contributed by atoms with Gasteiger partial charge in [0.2, 0.25) is 0 Å². The van der Waals surface area contributed by atoms with Crippen LogP contribution in [-0.4, -0.2) is 23.8 Å². The second-order valence-corrected chi connectivity index (χ2v) is 7.74. The number of ketones is 1. The average Bonchev–Trinajstić information content (AvgIpc) is 3.08. The summed E-state index contributed by atoms with van der Waals surface area (Å²) < 4.78 is 11.2. The molecule has 0 unspecified atom stereocenters. The Kier molecular flexibility index (Phi) is 7.39. The van der Waals surface area contributed by atoms with Crippen LogP contribution < -0.4 is 0 Å². The van der Waals surface area contributed by atoms with Gasteiger partial charge in [-0.2, -0.15) is 0 Å². The molecule has 1 fully saturated rings. The van der Waals surface area contributed by atoms with Crippen molar-refractivity contribution in [1.29, 1.82) is 0 Å². The van der Waals surface area contributed by atoms with Crippen LogP contribution in [-0.2, 0) is 19.1 Å². The lowest BCUT2D eigenvalue weighted by atomic mass is 9.83. The number of unbranched alkanes of at least 4 members (excludes halogenated alkanes) is 1. The quantitative estimate of drug-likeness (QED) is 0.335. The molecule has 1 heterocycles. The van der Waals surface area contributed by atoms with Crippen molar-refractivity contribution >= 4 is 17.7 Å². The fraction of sp³-hybridized carbons (Fsp3) is 0.400. The van der Waals surface area contributed by atoms with E-state index in [0.29, 0.717) is 12.0 Å². The molecule has 0 bridgehead atoms. The molecule has 0 radical (unpaired) electrons. The van der Waals surface area contributed by atoms with Gasteiger partial charge >= 0.3 is 11.9 Å². The topological polar surface area (TPSA) is 69.7 Å². The third kappa shape index (κ3) is 5.15. The number of carbonyl (C=O) groups is 3. The molecular formula is C25H28O5. The maximum Gasteiger partial charge on any atom is 0.321 e. The summed E-state index contributed by atoms with van der Waals surface area (Å²) in [5.41, 5.74) is 1.41. The first-order valence-electron chi connectivity index (χ1n) is 10.6. The minimum absolute atomic E-state index is 0.0730. The van der Waals surface area contributed by atoms with Crippen molar-refractivity contribution in [3.05, 3.63) is 71.8 Å². The summed E-state index contributed by atoms with van der Waals surface area (Å²) in [7, 11) is 0. The van der Waals surface area contributed by atoms with Gasteiger partial charge in [0.15, 0.2) is 11.7 Å². The number of cyclic esters (lactones) is 1. The van der Waals surface area contributed by atoms with Crippen LogP contribution in [0.1, 0.15) is 61.6 Å². The maximum absolute atomic E-state index is 13.0. The molecule has 0 saturated carbocycles. The van der Waals surface area contributed by atoms with Crippen LogP contribution in [0, 0.1) is 11.8 Å². The highest BCUT2D eigenvalue weighted by Crippen LogP contribution is 2.36. The van der Waals surface area contributed by atoms with E-state index in [1.165, 1.54) is 0 Å². The molecule has 2 aromatic carbocycles. The first-order chi connectivity index (χ1) is 14.5. The summed E-state index contributed by atoms with van der Waals surface area (Å²) in [6.07, 6.45) is 1.56. The zero-order valence-corrected chi connectivity index (χ0v) is 17.5. The smallest absolute Gasteiger partial charge is 0.321 e. The van der Waals surface area contributed by atoms with Crippen LogP contribution in [0.3, 0.4) is 0 Å². The molecule has 30 heavy (non-hydrogen) atoms. The molecule has 2 aromatic rings. The minimum Gasteiger partial charge on any atom is -0.461 e. The predicted octanol–water partition coefficient (Wildman–Crippen LogP) is 4.91. The lowest BCUT2D eigenvalue weighted by Gasteiger charge is -2.21. The standard InChI is InChI=1S/C25H28O5/c1-3-4-15-22-20(16-21(26)19-13-9-6-10-14-19)23(25(28)30-22)24(27)29-17(2)18-11-7-5-8-12-18/h5-14,17,20,22-23H,3-4,15-16H2,1-2H3/t17-,20-,22+,23+/m1/s1. The molecule has 1 aliphatic heterocycles. The van der Waals surface area contributed by atoms with Gasteiger partial charge in [0.25, 0.3) is 0 Å². The minimum atomic E-state index is -1.08. The summed E-state index contributed by atoms with van der Waals surface area (Å²) in [6, 6.07) is 18.3. The Hall–Kier alpha value is -2.95. The van der Waals surface area contributed by atoms with E-state index in [0.717, 1.165) is 18.4 Å². The van der Waals surface area contributed by atoms with Gasteiger partial charge in [-0.15, -0.1) is 0 Å². The van der Waals surface area contributed by atoms with Crippen LogP contribution in [0.5, 0.6) is 0 Å². The van der Waals surface area contributed by atoms with Crippen LogP contribution in [0.2, 0.25) is 0 Å². The lowest BCUT2D eigenvalue weighted by Crippen LogP contribution is -2.32. The number of hydrogen-bond donors (Lipinski definition) is 0. The molecule has 0 N–H and O–H groups in total. The molecule has 0 spiro atoms. The van der Waals surface area contributed by atoms with Crippen LogP contribution in [0.25, 0.3) is 0 Å². The Morgan fingerprint density at radius 1 is 1.03 bits per heavy atom. The van der Waals surface area contributed by atoms with Crippen molar-refractivity contribution in [3.63, 3.8) is 0 Å². The molecule has 3 rings (SSSR count). The molecule has 5 nitrogen and oxygen atoms in total. The van der Waals surface area contributed by atoms with Gasteiger partial charge in [-0.1, -0.05) is 80.4 Å². The number of rotatable bonds is 9. The van der Waals surface area contributed by atoms with E-state index in [4.69, 9.17) is 9.47 Å². The van der Waals surface area contributed by atoms with Gasteiger partial charge in [0.05, 0.1) is 0 Å². The van der Waals surface area contributed by atoms with Crippen LogP contribution in [0.4, 0.5) is 0 Å². The van der Waals surface area contributed by atoms with Gasteiger partial charge in [-0.05, 0) is 18.9 Å². The summed E-state index contributed by atoms with van der Waals surface area (Å²) in [4.78, 5) is 38.4. The molecule has 0 aliphatic carbocycles. The zero-order valence-electron chi connectivity index (χ0n) is 17.5. The first-order valence-corrected chi connectivity index (χ1v) is 10.6. The molecule has 1 aliphatic rings. The van der Waals surface area contributed by atoms with Gasteiger partial charge < -0.3 is 9.47 Å². The van der Waals surface area contributed by atoms with Crippen LogP contribution >= 0.6 is 0 Å². The maximum atomic E-state index is 13.0. The van der Waals surface area contributed by atoms with E-state index < -0.39 is 36.0 Å². The average molecular weight is 408 g/mol. The van der Waals surface area contributed by atoms with Gasteiger partial charge in [0.1, 0.15) is 12.2 Å². The van der Waals surface area contributed by atoms with Crippen molar-refractivity contribution < 1.29 is 23.9 Å². The summed E-state index contributed by atoms with van der Waals surface area (Å²) in [6.45, 7) is 3.82. The SMILES string of the molecule is CCCC[C@@H]1OC(=O)[C@H](C(=O)O[C@H](C)c2ccccc2)[C@@H]1CC(=O)c1ccccc1. The van der Waals surface area contributed by atoms with E-state index >= 15 is 0 Å². The van der Waals surface area contributed by atoms with E-state index in [1.54, 1.807) is 31.2 Å². The van der Waals surface area contributed by atoms with Gasteiger partial charge in [-0.3, -0.25) is 14.4 Å². The van der Waals surface area contributed by atoms with Crippen LogP contribution in [0.15, 0.2) is 60.7 Å². The van der Waals surface area contributed by atoms with Crippen molar-refractivity contribution in [2.24, 2.45) is 11.8 Å². The highest BCUT2D eigenvalue weighted by atomic mass is 16.6. The molecule has 5 heteroatoms. The van der Waals surface area contributed by atoms with E-state index in [-0.39, 0.29) is 12.2 Å². The third-order valence-corrected chi connectivity index (χ3v) is 5.60. The third-order valence-electron chi connectivity index (χ3n) is 5.60. The fourth-order valence-electron chi connectivity index (χ4n) is 3.89. The highest BCUT2D eigenvalue weighted by Gasteiger charge is 2.50. The Morgan fingerprint density at radius 2 is 1.67 bits per heavy atom. The molecule has 0 amide bonds. The van der Waals surface area contributed by atoms with E-state index in [1.807, 2.05) is 43.3 Å². The highest BCUT2D eigenvalue weighted by molar-refractivity contribution is 6.00. The van der Waals surface area contributed by atoms with E-state index in [2.05, 4.69) is 0 Å². The molecule has 158 valence electrons. The number of ether oxygens (including phenoxy) is 2. The van der Waals surface area contributed by atoms with E-state index in [9.17, 15) is 14.4 Å². The number of Topliss-reactive ketones (excluding diaryl/α,β-unsaturated/α-hetero) is 1. The van der Waals surface area contributed by atoms with Crippen molar-refractivity contribution in [2.45, 2.75) is 51.7 Å². The molecule has 1 saturated heterocycles. The largest absolute Gasteiger partial charge is 0.461 e. The molecule has 4 atom stereocenters. The second kappa shape index (κ2) is 10.2. The van der Waals surface area contributed by atoms with Crippen molar-refractivity contribution in [3.8, 4) is 0 Å². The van der Waals surface area contributed by atoms with Gasteiger partial charge in [0, 0.05) is 17.9 Å². The Morgan fingerprint density at radius 3 is 2.30 bits per heavy atom. The normalized spacial score (nSPS) is 21.7. The lowest BCUT2D eigenvalue weighted by molar-refractivity contribution is -0.160. The Balaban J connectivity index is 1.77. The summed E-state index contributed by atoms with van der Waals surface area (Å²) >= 11 is 0. The number of carbonyl (C=O) groups excluding carboxylic acids is 3. The van der Waals surface area contributed by atoms with Crippen molar-refractivity contribution in [2.75, 3.05) is 0 Å². The van der Waals surface area contributed by atoms with Gasteiger partial charge in [-0.25, -0.2) is 0 Å². The number of esters is 2. The first kappa shape index (κ1) is 21.8. The number of benzene rings is 2.